The molecule has 0 saturated heterocycles. The number of likely N-dealkylation sites (N-methyl/N-ethyl adjacent to an activating group) is 1. The average molecular weight is 681 g/mol. The van der Waals surface area contributed by atoms with Gasteiger partial charge in [0.25, 0.3) is 5.91 Å². The number of amides is 4. The lowest BCUT2D eigenvalue weighted by Gasteiger charge is -2.36. The van der Waals surface area contributed by atoms with E-state index in [0.29, 0.717) is 41.8 Å². The van der Waals surface area contributed by atoms with Crippen LogP contribution in [-0.2, 0) is 9.53 Å². The van der Waals surface area contributed by atoms with E-state index in [1.54, 1.807) is 53.1 Å². The lowest BCUT2D eigenvalue weighted by molar-refractivity contribution is -0.137. The largest absolute Gasteiger partial charge is 0.490 e. The first-order chi connectivity index (χ1) is 23.6. The van der Waals surface area contributed by atoms with Crippen LogP contribution in [0, 0.1) is 11.8 Å². The maximum atomic E-state index is 14.4. The van der Waals surface area contributed by atoms with E-state index >= 15 is 0 Å². The minimum Gasteiger partial charge on any atom is -0.490 e. The first-order valence-electron chi connectivity index (χ1n) is 17.7. The highest BCUT2D eigenvalue weighted by atomic mass is 16.7. The van der Waals surface area contributed by atoms with Gasteiger partial charge in [0.1, 0.15) is 5.75 Å². The van der Waals surface area contributed by atoms with Crippen molar-refractivity contribution in [2.45, 2.75) is 90.4 Å². The second kappa shape index (κ2) is 17.1. The van der Waals surface area contributed by atoms with E-state index in [4.69, 9.17) is 18.9 Å². The Morgan fingerprint density at radius 2 is 1.61 bits per heavy atom. The minimum absolute atomic E-state index is 0.0555. The standard InChI is InChI=1S/C37H52N4O8/c1-24-20-41(25(2)22-42)36(44)30-18-28(38-37(45)39-29-14-16-32-33(19-29)48-23-47-32)13-15-31(30)49-26(3)10-8-9-17-46-34(24)21-40(4)35(43)27-11-6-5-7-12-27/h13-16,18-19,24-27,34,42H,5-12,17,20-23H2,1-4H3,(H2,38,39,45)/t24-,25+,26+,34-/m1/s1. The Balaban J connectivity index is 1.36. The number of nitrogens with zero attached hydrogens (tertiary/aromatic N) is 2. The Kier molecular flexibility index (Phi) is 12.6. The smallest absolute Gasteiger partial charge is 0.323 e. The first-order valence-corrected chi connectivity index (χ1v) is 17.7. The number of hydrogen-bond acceptors (Lipinski definition) is 8. The summed E-state index contributed by atoms with van der Waals surface area (Å²) in [4.78, 5) is 44.2. The molecule has 5 rings (SSSR count). The molecular formula is C37H52N4O8. The molecule has 1 saturated carbocycles. The third-order valence-electron chi connectivity index (χ3n) is 9.72. The van der Waals surface area contributed by atoms with Gasteiger partial charge in [-0.1, -0.05) is 26.2 Å². The van der Waals surface area contributed by atoms with Crippen molar-refractivity contribution < 1.29 is 38.4 Å². The van der Waals surface area contributed by atoms with Crippen LogP contribution >= 0.6 is 0 Å². The van der Waals surface area contributed by atoms with Crippen LogP contribution in [0.2, 0.25) is 0 Å². The molecule has 3 N–H and O–H groups in total. The summed E-state index contributed by atoms with van der Waals surface area (Å²) in [7, 11) is 1.85. The van der Waals surface area contributed by atoms with Gasteiger partial charge in [0.15, 0.2) is 11.5 Å². The van der Waals surface area contributed by atoms with Gasteiger partial charge in [0.2, 0.25) is 12.7 Å². The second-order valence-corrected chi connectivity index (χ2v) is 13.7. The van der Waals surface area contributed by atoms with Crippen molar-refractivity contribution >= 4 is 29.2 Å². The monoisotopic (exact) mass is 680 g/mol. The molecule has 0 radical (unpaired) electrons. The van der Waals surface area contributed by atoms with E-state index < -0.39 is 12.1 Å². The molecule has 4 atom stereocenters. The quantitative estimate of drug-likeness (QED) is 0.329. The number of anilines is 2. The zero-order chi connectivity index (χ0) is 34.9. The molecule has 0 aromatic heterocycles. The molecule has 2 aromatic carbocycles. The number of ether oxygens (including phenoxy) is 4. The molecule has 3 aliphatic rings. The summed E-state index contributed by atoms with van der Waals surface area (Å²) in [6, 6.07) is 9.12. The van der Waals surface area contributed by atoms with Crippen molar-refractivity contribution in [2.24, 2.45) is 11.8 Å². The zero-order valence-corrected chi connectivity index (χ0v) is 29.2. The van der Waals surface area contributed by atoms with E-state index in [2.05, 4.69) is 10.6 Å². The molecule has 4 amide bonds. The van der Waals surface area contributed by atoms with E-state index in [1.165, 1.54) is 6.42 Å². The molecule has 0 spiro atoms. The third-order valence-corrected chi connectivity index (χ3v) is 9.72. The number of aliphatic hydroxyl groups excluding tert-OH is 1. The summed E-state index contributed by atoms with van der Waals surface area (Å²) in [6.45, 7) is 6.93. The molecule has 2 aromatic rings. The molecule has 2 aliphatic heterocycles. The molecule has 49 heavy (non-hydrogen) atoms. The van der Waals surface area contributed by atoms with Gasteiger partial charge in [-0.2, -0.15) is 0 Å². The van der Waals surface area contributed by atoms with Crippen LogP contribution in [-0.4, -0.2) is 91.1 Å². The fourth-order valence-electron chi connectivity index (χ4n) is 6.75. The fourth-order valence-corrected chi connectivity index (χ4v) is 6.75. The Bertz CT molecular complexity index is 1450. The van der Waals surface area contributed by atoms with Crippen LogP contribution < -0.4 is 24.8 Å². The number of hydrogen-bond donors (Lipinski definition) is 3. The van der Waals surface area contributed by atoms with E-state index in [1.807, 2.05) is 20.9 Å². The van der Waals surface area contributed by atoms with Crippen molar-refractivity contribution in [2.75, 3.05) is 50.8 Å². The van der Waals surface area contributed by atoms with Crippen LogP contribution in [0.1, 0.15) is 82.5 Å². The van der Waals surface area contributed by atoms with E-state index in [0.717, 1.165) is 44.9 Å². The molecule has 12 heteroatoms. The molecule has 268 valence electrons. The molecule has 0 unspecified atom stereocenters. The molecule has 1 aliphatic carbocycles. The highest BCUT2D eigenvalue weighted by Crippen LogP contribution is 2.34. The average Bonchev–Trinajstić information content (AvgIpc) is 3.57. The van der Waals surface area contributed by atoms with Gasteiger partial charge >= 0.3 is 6.03 Å². The summed E-state index contributed by atoms with van der Waals surface area (Å²) >= 11 is 0. The normalized spacial score (nSPS) is 22.7. The Labute approximate surface area is 289 Å². The highest BCUT2D eigenvalue weighted by Gasteiger charge is 2.32. The van der Waals surface area contributed by atoms with Gasteiger partial charge in [-0.25, -0.2) is 4.79 Å². The molecule has 1 fully saturated rings. The molecule has 0 bridgehead atoms. The lowest BCUT2D eigenvalue weighted by Crippen LogP contribution is -2.48. The molecule has 2 heterocycles. The summed E-state index contributed by atoms with van der Waals surface area (Å²) in [5, 5.41) is 15.9. The number of urea groups is 1. The molecule has 12 nitrogen and oxygen atoms in total. The minimum atomic E-state index is -0.513. The maximum Gasteiger partial charge on any atom is 0.323 e. The van der Waals surface area contributed by atoms with Crippen LogP contribution in [0.15, 0.2) is 36.4 Å². The van der Waals surface area contributed by atoms with Crippen molar-refractivity contribution in [3.8, 4) is 17.2 Å². The van der Waals surface area contributed by atoms with Crippen LogP contribution in [0.25, 0.3) is 0 Å². The van der Waals surface area contributed by atoms with Gasteiger partial charge in [-0.05, 0) is 76.3 Å². The van der Waals surface area contributed by atoms with E-state index in [-0.39, 0.29) is 61.4 Å². The summed E-state index contributed by atoms with van der Waals surface area (Å²) in [5.74, 6) is 1.29. The lowest BCUT2D eigenvalue weighted by atomic mass is 9.88. The Morgan fingerprint density at radius 1 is 0.939 bits per heavy atom. The van der Waals surface area contributed by atoms with Gasteiger partial charge in [-0.3, -0.25) is 9.59 Å². The second-order valence-electron chi connectivity index (χ2n) is 13.7. The number of carbonyl (C=O) groups is 3. The number of aliphatic hydroxyl groups is 1. The van der Waals surface area contributed by atoms with Gasteiger partial charge in [0, 0.05) is 56.0 Å². The van der Waals surface area contributed by atoms with Crippen molar-refractivity contribution in [1.29, 1.82) is 0 Å². The fraction of sp³-hybridized carbons (Fsp3) is 0.595. The predicted octanol–water partition coefficient (Wildman–Crippen LogP) is 5.89. The van der Waals surface area contributed by atoms with Gasteiger partial charge in [-0.15, -0.1) is 0 Å². The summed E-state index contributed by atoms with van der Waals surface area (Å²) < 4.78 is 23.5. The number of carbonyl (C=O) groups excluding carboxylic acids is 3. The van der Waals surface area contributed by atoms with Crippen LogP contribution in [0.3, 0.4) is 0 Å². The number of fused-ring (bicyclic) bond motifs is 2. The van der Waals surface area contributed by atoms with Gasteiger partial charge < -0.3 is 44.5 Å². The van der Waals surface area contributed by atoms with E-state index in [9.17, 15) is 19.5 Å². The first kappa shape index (κ1) is 36.3. The topological polar surface area (TPSA) is 139 Å². The Hall–Kier alpha value is -4.03. The molecular weight excluding hydrogens is 628 g/mol. The Morgan fingerprint density at radius 3 is 2.35 bits per heavy atom. The van der Waals surface area contributed by atoms with Crippen molar-refractivity contribution in [3.05, 3.63) is 42.0 Å². The maximum absolute atomic E-state index is 14.4. The van der Waals surface area contributed by atoms with Crippen molar-refractivity contribution in [1.82, 2.24) is 9.80 Å². The number of rotatable bonds is 7. The number of nitrogens with one attached hydrogen (secondary N) is 2. The summed E-state index contributed by atoms with van der Waals surface area (Å²) in [5.41, 5.74) is 1.20. The SMILES string of the molecule is C[C@@H]1CN([C@@H](C)CO)C(=O)c2cc(NC(=O)Nc3ccc4c(c3)OCO4)ccc2O[C@@H](C)CCCCO[C@@H]1CN(C)C(=O)C1CCCCC1. The third kappa shape index (κ3) is 9.57. The number of benzene rings is 2. The summed E-state index contributed by atoms with van der Waals surface area (Å²) in [6.07, 6.45) is 7.19. The predicted molar refractivity (Wildman–Crippen MR) is 186 cm³/mol. The van der Waals surface area contributed by atoms with Gasteiger partial charge in [0.05, 0.1) is 30.4 Å². The zero-order valence-electron chi connectivity index (χ0n) is 29.2. The van der Waals surface area contributed by atoms with Crippen LogP contribution in [0.4, 0.5) is 16.2 Å². The van der Waals surface area contributed by atoms with Crippen LogP contribution in [0.5, 0.6) is 17.2 Å². The highest BCUT2D eigenvalue weighted by molar-refractivity contribution is 6.02. The van der Waals surface area contributed by atoms with Crippen molar-refractivity contribution in [3.63, 3.8) is 0 Å².